The Kier molecular flexibility index (Phi) is 5.73. The molecule has 0 saturated heterocycles. The molecule has 5 heteroatoms. The Morgan fingerprint density at radius 2 is 1.88 bits per heavy atom. The first-order valence-corrected chi connectivity index (χ1v) is 9.39. The van der Waals surface area contributed by atoms with Crippen LogP contribution in [-0.2, 0) is 4.79 Å². The molecule has 1 saturated carbocycles. The first kappa shape index (κ1) is 19.0. The number of halogens is 2. The van der Waals surface area contributed by atoms with Crippen LogP contribution < -0.4 is 0 Å². The molecule has 2 aliphatic carbocycles. The second kappa shape index (κ2) is 7.85. The molecule has 3 unspecified atom stereocenters. The predicted molar refractivity (Wildman–Crippen MR) is 99.0 cm³/mol. The molecule has 0 spiro atoms. The largest absolute Gasteiger partial charge is 0.389 e. The van der Waals surface area contributed by atoms with Crippen molar-refractivity contribution in [2.24, 2.45) is 11.8 Å². The number of alkyl halides is 1. The van der Waals surface area contributed by atoms with Gasteiger partial charge >= 0.3 is 0 Å². The van der Waals surface area contributed by atoms with E-state index in [4.69, 9.17) is 11.6 Å². The van der Waals surface area contributed by atoms with Crippen molar-refractivity contribution in [3.05, 3.63) is 58.1 Å². The highest BCUT2D eigenvalue weighted by Crippen LogP contribution is 2.36. The third kappa shape index (κ3) is 3.67. The second-order valence-electron chi connectivity index (χ2n) is 6.98. The summed E-state index contributed by atoms with van der Waals surface area (Å²) in [6, 6.07) is 6.25. The molecule has 0 heterocycles. The topological polar surface area (TPSA) is 54.4 Å². The van der Waals surface area contributed by atoms with Gasteiger partial charge in [0.15, 0.2) is 11.6 Å². The Hall–Kier alpha value is -1.78. The maximum Gasteiger partial charge on any atom is 0.173 e. The number of aliphatic hydroxyl groups is 1. The molecular formula is C21H22ClFO3. The van der Waals surface area contributed by atoms with Gasteiger partial charge < -0.3 is 5.11 Å². The molecule has 0 bridgehead atoms. The number of aliphatic hydroxyl groups excluding tert-OH is 1. The normalized spacial score (nSPS) is 24.3. The Labute approximate surface area is 157 Å². The molecule has 138 valence electrons. The van der Waals surface area contributed by atoms with Gasteiger partial charge in [0.25, 0.3) is 0 Å². The van der Waals surface area contributed by atoms with Gasteiger partial charge in [0.05, 0.1) is 12.0 Å². The highest BCUT2D eigenvalue weighted by atomic mass is 35.5. The fourth-order valence-corrected chi connectivity index (χ4v) is 3.58. The van der Waals surface area contributed by atoms with Crippen LogP contribution in [0.4, 0.5) is 4.39 Å². The number of rotatable bonds is 6. The summed E-state index contributed by atoms with van der Waals surface area (Å²) in [6.07, 6.45) is 3.15. The van der Waals surface area contributed by atoms with Gasteiger partial charge in [-0.15, -0.1) is 0 Å². The van der Waals surface area contributed by atoms with E-state index in [-0.39, 0.29) is 22.8 Å². The summed E-state index contributed by atoms with van der Waals surface area (Å²) in [5, 5.41) is 10.9. The van der Waals surface area contributed by atoms with Gasteiger partial charge in [0.2, 0.25) is 0 Å². The molecule has 3 rings (SSSR count). The molecular weight excluding hydrogens is 355 g/mol. The molecule has 0 aromatic heterocycles. The van der Waals surface area contributed by atoms with Crippen molar-refractivity contribution >= 4 is 23.2 Å². The molecule has 1 aromatic carbocycles. The van der Waals surface area contributed by atoms with E-state index in [2.05, 4.69) is 0 Å². The van der Waals surface area contributed by atoms with Crippen LogP contribution >= 0.6 is 11.6 Å². The van der Waals surface area contributed by atoms with Crippen molar-refractivity contribution in [3.63, 3.8) is 0 Å². The number of allylic oxidation sites excluding steroid dienone is 3. The minimum atomic E-state index is -1.64. The monoisotopic (exact) mass is 376 g/mol. The van der Waals surface area contributed by atoms with Crippen molar-refractivity contribution in [3.8, 4) is 0 Å². The SMILES string of the molecule is CCC(O)C1=CC(C(=O)C2CCC2)=CC(F)C1C(=O)c1ccc(Cl)cc1. The molecule has 0 radical (unpaired) electrons. The Bertz CT molecular complexity index is 762. The maximum atomic E-state index is 15.0. The van der Waals surface area contributed by atoms with E-state index in [9.17, 15) is 19.1 Å². The van der Waals surface area contributed by atoms with Crippen molar-refractivity contribution in [2.75, 3.05) is 0 Å². The number of ketones is 2. The predicted octanol–water partition coefficient (Wildman–Crippen LogP) is 4.48. The summed E-state index contributed by atoms with van der Waals surface area (Å²) >= 11 is 5.85. The Morgan fingerprint density at radius 1 is 1.23 bits per heavy atom. The number of carbonyl (C=O) groups is 2. The summed E-state index contributed by atoms with van der Waals surface area (Å²) in [7, 11) is 0. The lowest BCUT2D eigenvalue weighted by atomic mass is 9.74. The van der Waals surface area contributed by atoms with Crippen LogP contribution in [0, 0.1) is 11.8 Å². The van der Waals surface area contributed by atoms with Gasteiger partial charge in [-0.3, -0.25) is 9.59 Å². The van der Waals surface area contributed by atoms with Crippen LogP contribution in [-0.4, -0.2) is 28.9 Å². The molecule has 1 fully saturated rings. The molecule has 0 aliphatic heterocycles. The van der Waals surface area contributed by atoms with Gasteiger partial charge in [-0.1, -0.05) is 24.9 Å². The van der Waals surface area contributed by atoms with Gasteiger partial charge in [0.1, 0.15) is 6.17 Å². The van der Waals surface area contributed by atoms with Crippen LogP contribution in [0.2, 0.25) is 5.02 Å². The van der Waals surface area contributed by atoms with E-state index in [0.717, 1.165) is 19.3 Å². The minimum Gasteiger partial charge on any atom is -0.389 e. The minimum absolute atomic E-state index is 0.0618. The van der Waals surface area contributed by atoms with Crippen LogP contribution in [0.25, 0.3) is 0 Å². The zero-order chi connectivity index (χ0) is 18.8. The zero-order valence-corrected chi connectivity index (χ0v) is 15.4. The van der Waals surface area contributed by atoms with Gasteiger partial charge in [-0.25, -0.2) is 4.39 Å². The van der Waals surface area contributed by atoms with Gasteiger partial charge in [-0.05, 0) is 61.3 Å². The van der Waals surface area contributed by atoms with E-state index in [1.165, 1.54) is 12.2 Å². The molecule has 3 atom stereocenters. The van der Waals surface area contributed by atoms with Gasteiger partial charge in [0, 0.05) is 22.1 Å². The van der Waals surface area contributed by atoms with E-state index in [1.807, 2.05) is 0 Å². The highest BCUT2D eigenvalue weighted by Gasteiger charge is 2.39. The number of hydrogen-bond donors (Lipinski definition) is 1. The van der Waals surface area contributed by atoms with E-state index >= 15 is 0 Å². The van der Waals surface area contributed by atoms with Crippen molar-refractivity contribution in [1.29, 1.82) is 0 Å². The number of carbonyl (C=O) groups excluding carboxylic acids is 2. The van der Waals surface area contributed by atoms with Crippen molar-refractivity contribution in [2.45, 2.75) is 44.9 Å². The summed E-state index contributed by atoms with van der Waals surface area (Å²) < 4.78 is 15.0. The molecule has 26 heavy (non-hydrogen) atoms. The van der Waals surface area contributed by atoms with Crippen molar-refractivity contribution < 1.29 is 19.1 Å². The zero-order valence-electron chi connectivity index (χ0n) is 14.6. The standard InChI is InChI=1S/C21H22ClFO3/c1-2-18(24)16-10-14(20(25)12-4-3-5-12)11-17(23)19(16)21(26)13-6-8-15(22)9-7-13/h6-12,17-19,24H,2-5H2,1H3. The van der Waals surface area contributed by atoms with Crippen molar-refractivity contribution in [1.82, 2.24) is 0 Å². The third-order valence-electron chi connectivity index (χ3n) is 5.28. The van der Waals surface area contributed by atoms with Crippen LogP contribution in [0.15, 0.2) is 47.6 Å². The molecule has 1 aromatic rings. The first-order chi connectivity index (χ1) is 12.4. The quantitative estimate of drug-likeness (QED) is 0.744. The lowest BCUT2D eigenvalue weighted by molar-refractivity contribution is -0.121. The number of Topliss-reactive ketones (excluding diaryl/α,β-unsaturated/α-hetero) is 2. The number of benzene rings is 1. The fraction of sp³-hybridized carbons (Fsp3) is 0.429. The van der Waals surface area contributed by atoms with Gasteiger partial charge in [-0.2, -0.15) is 0 Å². The smallest absolute Gasteiger partial charge is 0.173 e. The fourth-order valence-electron chi connectivity index (χ4n) is 3.46. The lowest BCUT2D eigenvalue weighted by Gasteiger charge is -2.31. The van der Waals surface area contributed by atoms with E-state index < -0.39 is 24.0 Å². The highest BCUT2D eigenvalue weighted by molar-refractivity contribution is 6.30. The molecule has 3 nitrogen and oxygen atoms in total. The van der Waals surface area contributed by atoms with E-state index in [0.29, 0.717) is 17.0 Å². The average molecular weight is 377 g/mol. The number of hydrogen-bond acceptors (Lipinski definition) is 3. The molecule has 1 N–H and O–H groups in total. The Balaban J connectivity index is 1.93. The Morgan fingerprint density at radius 3 is 2.42 bits per heavy atom. The lowest BCUT2D eigenvalue weighted by Crippen LogP contribution is -2.35. The van der Waals surface area contributed by atoms with Crippen LogP contribution in [0.3, 0.4) is 0 Å². The summed E-state index contributed by atoms with van der Waals surface area (Å²) in [6.45, 7) is 1.76. The first-order valence-electron chi connectivity index (χ1n) is 9.01. The summed E-state index contributed by atoms with van der Waals surface area (Å²) in [4.78, 5) is 25.4. The molecule has 0 amide bonds. The third-order valence-corrected chi connectivity index (χ3v) is 5.53. The summed E-state index contributed by atoms with van der Waals surface area (Å²) in [5.74, 6) is -1.69. The summed E-state index contributed by atoms with van der Waals surface area (Å²) in [5.41, 5.74) is 0.897. The second-order valence-corrected chi connectivity index (χ2v) is 7.41. The maximum absolute atomic E-state index is 15.0. The van der Waals surface area contributed by atoms with Crippen LogP contribution in [0.5, 0.6) is 0 Å². The average Bonchev–Trinajstić information content (AvgIpc) is 2.58. The molecule has 2 aliphatic rings. The van der Waals surface area contributed by atoms with Crippen LogP contribution in [0.1, 0.15) is 43.0 Å². The van der Waals surface area contributed by atoms with E-state index in [1.54, 1.807) is 31.2 Å².